The predicted octanol–water partition coefficient (Wildman–Crippen LogP) is 3.75. The van der Waals surface area contributed by atoms with Gasteiger partial charge in [0.25, 0.3) is 0 Å². The topological polar surface area (TPSA) is 12.0 Å². The van der Waals surface area contributed by atoms with Crippen molar-refractivity contribution in [1.29, 1.82) is 0 Å². The Labute approximate surface area is 100 Å². The van der Waals surface area contributed by atoms with E-state index in [2.05, 4.69) is 59.0 Å². The monoisotopic (exact) mass is 219 g/mol. The summed E-state index contributed by atoms with van der Waals surface area (Å²) in [4.78, 5) is 0. The Bertz CT molecular complexity index is 358. The molecule has 1 rings (SSSR count). The molecular weight excluding hydrogens is 194 g/mol. The van der Waals surface area contributed by atoms with E-state index in [0.29, 0.717) is 5.41 Å². The smallest absolute Gasteiger partial charge is 0.0208 e. The number of hydrogen-bond acceptors (Lipinski definition) is 1. The molecule has 0 saturated carbocycles. The highest BCUT2D eigenvalue weighted by molar-refractivity contribution is 5.36. The van der Waals surface area contributed by atoms with E-state index in [1.165, 1.54) is 22.3 Å². The summed E-state index contributed by atoms with van der Waals surface area (Å²) in [6, 6.07) is 4.59. The largest absolute Gasteiger partial charge is 0.312 e. The fourth-order valence-electron chi connectivity index (χ4n) is 1.78. The molecule has 90 valence electrons. The van der Waals surface area contributed by atoms with Gasteiger partial charge in [0.05, 0.1) is 0 Å². The Balaban J connectivity index is 2.64. The molecule has 0 aliphatic carbocycles. The maximum atomic E-state index is 3.53. The summed E-state index contributed by atoms with van der Waals surface area (Å²) in [5.41, 5.74) is 5.94. The van der Waals surface area contributed by atoms with Crippen LogP contribution >= 0.6 is 0 Å². The summed E-state index contributed by atoms with van der Waals surface area (Å²) < 4.78 is 0. The molecule has 0 amide bonds. The summed E-state index contributed by atoms with van der Waals surface area (Å²) in [6.45, 7) is 15.4. The molecule has 0 unspecified atom stereocenters. The quantitative estimate of drug-likeness (QED) is 0.816. The lowest BCUT2D eigenvalue weighted by Gasteiger charge is -2.19. The first kappa shape index (κ1) is 13.2. The van der Waals surface area contributed by atoms with Gasteiger partial charge >= 0.3 is 0 Å². The molecule has 0 spiro atoms. The highest BCUT2D eigenvalue weighted by Gasteiger charge is 2.09. The highest BCUT2D eigenvalue weighted by Crippen LogP contribution is 2.16. The second kappa shape index (κ2) is 5.01. The Morgan fingerprint density at radius 1 is 0.938 bits per heavy atom. The molecule has 1 N–H and O–H groups in total. The highest BCUT2D eigenvalue weighted by atomic mass is 14.9. The second-order valence-electron chi connectivity index (χ2n) is 6.03. The standard InChI is InChI=1S/C15H25N/c1-11-7-13(3)14(8-12(11)2)9-16-10-15(4,5)6/h7-8,16H,9-10H2,1-6H3. The molecule has 1 aromatic carbocycles. The maximum Gasteiger partial charge on any atom is 0.0208 e. The first-order valence-electron chi connectivity index (χ1n) is 6.07. The fourth-order valence-corrected chi connectivity index (χ4v) is 1.78. The van der Waals surface area contributed by atoms with Gasteiger partial charge in [-0.1, -0.05) is 32.9 Å². The van der Waals surface area contributed by atoms with Gasteiger partial charge in [-0.2, -0.15) is 0 Å². The van der Waals surface area contributed by atoms with E-state index in [-0.39, 0.29) is 0 Å². The van der Waals surface area contributed by atoms with Gasteiger partial charge in [-0.3, -0.25) is 0 Å². The summed E-state index contributed by atoms with van der Waals surface area (Å²) >= 11 is 0. The minimum atomic E-state index is 0.355. The third-order valence-electron chi connectivity index (χ3n) is 2.92. The van der Waals surface area contributed by atoms with Crippen molar-refractivity contribution in [3.05, 3.63) is 34.4 Å². The van der Waals surface area contributed by atoms with Gasteiger partial charge in [0, 0.05) is 13.1 Å². The minimum absolute atomic E-state index is 0.355. The number of benzene rings is 1. The summed E-state index contributed by atoms with van der Waals surface area (Å²) in [5, 5.41) is 3.53. The van der Waals surface area contributed by atoms with Crippen molar-refractivity contribution in [2.24, 2.45) is 5.41 Å². The maximum absolute atomic E-state index is 3.53. The van der Waals surface area contributed by atoms with Crippen molar-refractivity contribution in [1.82, 2.24) is 5.32 Å². The van der Waals surface area contributed by atoms with Gasteiger partial charge in [0.15, 0.2) is 0 Å². The van der Waals surface area contributed by atoms with Crippen LogP contribution in [0.1, 0.15) is 43.0 Å². The fraction of sp³-hybridized carbons (Fsp3) is 0.600. The zero-order chi connectivity index (χ0) is 12.3. The average Bonchev–Trinajstić information content (AvgIpc) is 2.11. The third-order valence-corrected chi connectivity index (χ3v) is 2.92. The van der Waals surface area contributed by atoms with Crippen LogP contribution < -0.4 is 5.32 Å². The summed E-state index contributed by atoms with van der Waals surface area (Å²) in [7, 11) is 0. The molecular formula is C15H25N. The molecule has 0 radical (unpaired) electrons. The minimum Gasteiger partial charge on any atom is -0.312 e. The van der Waals surface area contributed by atoms with E-state index in [1.54, 1.807) is 0 Å². The second-order valence-corrected chi connectivity index (χ2v) is 6.03. The Morgan fingerprint density at radius 2 is 1.50 bits per heavy atom. The Kier molecular flexibility index (Phi) is 4.15. The lowest BCUT2D eigenvalue weighted by atomic mass is 9.96. The molecule has 0 fully saturated rings. The van der Waals surface area contributed by atoms with Gasteiger partial charge < -0.3 is 5.32 Å². The molecule has 0 saturated heterocycles. The third kappa shape index (κ3) is 3.97. The summed E-state index contributed by atoms with van der Waals surface area (Å²) in [5.74, 6) is 0. The van der Waals surface area contributed by atoms with Crippen LogP contribution in [-0.4, -0.2) is 6.54 Å². The van der Waals surface area contributed by atoms with E-state index in [0.717, 1.165) is 13.1 Å². The van der Waals surface area contributed by atoms with Crippen molar-refractivity contribution in [3.8, 4) is 0 Å². The average molecular weight is 219 g/mol. The molecule has 16 heavy (non-hydrogen) atoms. The lowest BCUT2D eigenvalue weighted by Crippen LogP contribution is -2.26. The van der Waals surface area contributed by atoms with Crippen molar-refractivity contribution in [2.75, 3.05) is 6.54 Å². The number of rotatable bonds is 3. The number of aryl methyl sites for hydroxylation is 3. The lowest BCUT2D eigenvalue weighted by molar-refractivity contribution is 0.379. The zero-order valence-corrected chi connectivity index (χ0v) is 11.6. The Morgan fingerprint density at radius 3 is 2.06 bits per heavy atom. The van der Waals surface area contributed by atoms with Crippen LogP contribution in [0.4, 0.5) is 0 Å². The van der Waals surface area contributed by atoms with Gasteiger partial charge in [-0.25, -0.2) is 0 Å². The van der Waals surface area contributed by atoms with Crippen molar-refractivity contribution >= 4 is 0 Å². The SMILES string of the molecule is Cc1cc(C)c(CNCC(C)(C)C)cc1C. The van der Waals surface area contributed by atoms with Gasteiger partial charge in [-0.05, 0) is 48.4 Å². The van der Waals surface area contributed by atoms with E-state index in [1.807, 2.05) is 0 Å². The molecule has 1 aromatic rings. The van der Waals surface area contributed by atoms with Crippen LogP contribution in [-0.2, 0) is 6.54 Å². The van der Waals surface area contributed by atoms with Gasteiger partial charge in [0.2, 0.25) is 0 Å². The normalized spacial score (nSPS) is 11.9. The molecule has 0 atom stereocenters. The van der Waals surface area contributed by atoms with E-state index in [9.17, 15) is 0 Å². The van der Waals surface area contributed by atoms with Crippen LogP contribution in [0.5, 0.6) is 0 Å². The van der Waals surface area contributed by atoms with Crippen molar-refractivity contribution < 1.29 is 0 Å². The van der Waals surface area contributed by atoms with E-state index in [4.69, 9.17) is 0 Å². The first-order chi connectivity index (χ1) is 7.29. The van der Waals surface area contributed by atoms with E-state index < -0.39 is 0 Å². The van der Waals surface area contributed by atoms with Crippen LogP contribution in [0.25, 0.3) is 0 Å². The molecule has 0 heterocycles. The van der Waals surface area contributed by atoms with Gasteiger partial charge in [0.1, 0.15) is 0 Å². The first-order valence-corrected chi connectivity index (χ1v) is 6.07. The molecule has 0 bridgehead atoms. The van der Waals surface area contributed by atoms with Gasteiger partial charge in [-0.15, -0.1) is 0 Å². The van der Waals surface area contributed by atoms with E-state index >= 15 is 0 Å². The zero-order valence-electron chi connectivity index (χ0n) is 11.6. The molecule has 0 aliphatic rings. The molecule has 0 aromatic heterocycles. The van der Waals surface area contributed by atoms with Crippen molar-refractivity contribution in [2.45, 2.75) is 48.1 Å². The van der Waals surface area contributed by atoms with Crippen LogP contribution in [0.3, 0.4) is 0 Å². The van der Waals surface area contributed by atoms with Crippen LogP contribution in [0, 0.1) is 26.2 Å². The van der Waals surface area contributed by atoms with Crippen LogP contribution in [0.15, 0.2) is 12.1 Å². The predicted molar refractivity (Wildman–Crippen MR) is 71.8 cm³/mol. The number of nitrogens with one attached hydrogen (secondary N) is 1. The number of hydrogen-bond donors (Lipinski definition) is 1. The van der Waals surface area contributed by atoms with Crippen molar-refractivity contribution in [3.63, 3.8) is 0 Å². The summed E-state index contributed by atoms with van der Waals surface area (Å²) in [6.07, 6.45) is 0. The molecule has 1 nitrogen and oxygen atoms in total. The molecule has 0 aliphatic heterocycles. The van der Waals surface area contributed by atoms with Crippen LogP contribution in [0.2, 0.25) is 0 Å². The Hall–Kier alpha value is -0.820. The molecule has 1 heteroatoms.